The van der Waals surface area contributed by atoms with Crippen molar-refractivity contribution in [2.75, 3.05) is 6.54 Å². The van der Waals surface area contributed by atoms with Crippen molar-refractivity contribution in [3.63, 3.8) is 0 Å². The molecule has 49 heavy (non-hydrogen) atoms. The van der Waals surface area contributed by atoms with Gasteiger partial charge in [0.15, 0.2) is 5.78 Å². The van der Waals surface area contributed by atoms with Gasteiger partial charge in [0.1, 0.15) is 6.61 Å². The van der Waals surface area contributed by atoms with Gasteiger partial charge in [0.2, 0.25) is 11.8 Å². The lowest BCUT2D eigenvalue weighted by Crippen LogP contribution is -2.48. The van der Waals surface area contributed by atoms with E-state index < -0.39 is 23.3 Å². The Bertz CT molecular complexity index is 1860. The van der Waals surface area contributed by atoms with Crippen LogP contribution in [0.5, 0.6) is 0 Å². The van der Waals surface area contributed by atoms with Crippen molar-refractivity contribution in [3.8, 4) is 10.4 Å². The Labute approximate surface area is 294 Å². The van der Waals surface area contributed by atoms with Gasteiger partial charge >= 0.3 is 5.97 Å². The highest BCUT2D eigenvalue weighted by Gasteiger charge is 2.45. The van der Waals surface area contributed by atoms with E-state index in [-0.39, 0.29) is 42.7 Å². The van der Waals surface area contributed by atoms with Gasteiger partial charge in [0, 0.05) is 46.4 Å². The summed E-state index contributed by atoms with van der Waals surface area (Å²) in [7, 11) is 3.70. The average Bonchev–Trinajstić information content (AvgIpc) is 3.85. The summed E-state index contributed by atoms with van der Waals surface area (Å²) in [6.45, 7) is 6.66. The number of carbonyl (C=O) groups is 4. The van der Waals surface area contributed by atoms with Gasteiger partial charge in [-0.2, -0.15) is 0 Å². The van der Waals surface area contributed by atoms with Crippen molar-refractivity contribution in [2.24, 2.45) is 17.8 Å². The molecule has 4 atom stereocenters. The zero-order valence-electron chi connectivity index (χ0n) is 28.0. The number of aromatic nitrogens is 1. The van der Waals surface area contributed by atoms with Crippen molar-refractivity contribution < 1.29 is 23.9 Å². The Morgan fingerprint density at radius 2 is 1.82 bits per heavy atom. The van der Waals surface area contributed by atoms with E-state index in [4.69, 9.17) is 4.74 Å². The van der Waals surface area contributed by atoms with Crippen LogP contribution in [-0.2, 0) is 33.9 Å². The number of aryl methyl sites for hydroxylation is 1. The van der Waals surface area contributed by atoms with Crippen LogP contribution in [-0.4, -0.2) is 56.3 Å². The molecule has 0 saturated carbocycles. The van der Waals surface area contributed by atoms with Crippen LogP contribution in [0.2, 0.25) is 5.54 Å². The number of ether oxygens (including phenoxy) is 1. The average molecular weight is 691 g/mol. The first-order chi connectivity index (χ1) is 23.6. The highest BCUT2D eigenvalue weighted by atomic mass is 32.1. The molecule has 4 aromatic rings. The lowest BCUT2D eigenvalue weighted by atomic mass is 9.79. The summed E-state index contributed by atoms with van der Waals surface area (Å²) < 4.78 is 5.70. The number of nitrogens with one attached hydrogen (secondary N) is 1. The summed E-state index contributed by atoms with van der Waals surface area (Å²) in [5.41, 5.74) is 6.37. The second kappa shape index (κ2) is 15.0. The van der Waals surface area contributed by atoms with Gasteiger partial charge in [-0.15, -0.1) is 11.3 Å². The molecule has 1 fully saturated rings. The summed E-state index contributed by atoms with van der Waals surface area (Å²) in [5, 5.41) is 3.00. The summed E-state index contributed by atoms with van der Waals surface area (Å²) in [5.74, 6) is -1.74. The molecule has 3 aromatic carbocycles. The molecule has 2 unspecified atom stereocenters. The lowest BCUT2D eigenvalue weighted by molar-refractivity contribution is -0.140. The molecule has 251 valence electrons. The second-order valence-electron chi connectivity index (χ2n) is 13.2. The highest BCUT2D eigenvalue weighted by molar-refractivity contribution is 7.13. The van der Waals surface area contributed by atoms with Crippen LogP contribution in [0.25, 0.3) is 10.4 Å². The van der Waals surface area contributed by atoms with E-state index in [1.54, 1.807) is 16.5 Å². The number of nitrogens with zero attached hydrogens (tertiary/aromatic N) is 2. The minimum atomic E-state index is -0.677. The van der Waals surface area contributed by atoms with Crippen molar-refractivity contribution in [1.82, 2.24) is 15.2 Å². The Balaban J connectivity index is 1.16. The summed E-state index contributed by atoms with van der Waals surface area (Å²) in [6.07, 6.45) is 1.98. The number of hydrogen-bond donors (Lipinski definition) is 1. The third-order valence-electron chi connectivity index (χ3n) is 9.75. The Hall–Kier alpha value is -4.41. The molecule has 6 rings (SSSR count). The summed E-state index contributed by atoms with van der Waals surface area (Å²) in [4.78, 5) is 61.8. The van der Waals surface area contributed by atoms with Crippen LogP contribution >= 0.6 is 11.3 Å². The maximum Gasteiger partial charge on any atom is 0.338 e. The minimum Gasteiger partial charge on any atom is -0.457 e. The topological polar surface area (TPSA) is 106 Å². The zero-order chi connectivity index (χ0) is 34.7. The van der Waals surface area contributed by atoms with E-state index in [2.05, 4.69) is 20.5 Å². The van der Waals surface area contributed by atoms with Crippen molar-refractivity contribution in [1.29, 1.82) is 0 Å². The molecule has 2 aliphatic rings. The Morgan fingerprint density at radius 1 is 1.06 bits per heavy atom. The van der Waals surface area contributed by atoms with Crippen LogP contribution in [0.4, 0.5) is 0 Å². The number of hydrogen-bond acceptors (Lipinski definition) is 7. The fourth-order valence-corrected chi connectivity index (χ4v) is 8.44. The number of amides is 2. The largest absolute Gasteiger partial charge is 0.457 e. The molecular weight excluding hydrogens is 651 g/mol. The zero-order valence-corrected chi connectivity index (χ0v) is 29.8. The lowest BCUT2D eigenvalue weighted by Gasteiger charge is -2.35. The van der Waals surface area contributed by atoms with Gasteiger partial charge in [-0.1, -0.05) is 80.6 Å². The fraction of sp³-hybridized carbons (Fsp3) is 0.359. The fourth-order valence-electron chi connectivity index (χ4n) is 7.19. The van der Waals surface area contributed by atoms with Crippen LogP contribution < -0.4 is 5.32 Å². The third kappa shape index (κ3) is 7.30. The molecule has 0 bridgehead atoms. The number of carbonyl (C=O) groups excluding carboxylic acids is 4. The summed E-state index contributed by atoms with van der Waals surface area (Å²) in [6, 6.07) is 22.3. The molecule has 1 N–H and O–H groups in total. The van der Waals surface area contributed by atoms with Gasteiger partial charge < -0.3 is 15.0 Å². The van der Waals surface area contributed by atoms with Crippen LogP contribution in [0, 0.1) is 24.7 Å². The molecule has 0 spiro atoms. The predicted octanol–water partition coefficient (Wildman–Crippen LogP) is 6.37. The smallest absolute Gasteiger partial charge is 0.338 e. The van der Waals surface area contributed by atoms with E-state index in [9.17, 15) is 19.2 Å². The number of Topliss-reactive ketones (excluding diaryl/α,β-unsaturated/α-hetero) is 1. The number of ketones is 1. The van der Waals surface area contributed by atoms with Crippen LogP contribution in [0.15, 0.2) is 78.3 Å². The molecular formula is C39H40N3O5SSi. The predicted molar refractivity (Wildman–Crippen MR) is 190 cm³/mol. The van der Waals surface area contributed by atoms with Gasteiger partial charge in [-0.25, -0.2) is 9.78 Å². The number of benzene rings is 3. The van der Waals surface area contributed by atoms with E-state index >= 15 is 0 Å². The highest BCUT2D eigenvalue weighted by Crippen LogP contribution is 2.38. The molecule has 1 saturated heterocycles. The van der Waals surface area contributed by atoms with Crippen molar-refractivity contribution in [3.05, 3.63) is 112 Å². The van der Waals surface area contributed by atoms with Crippen LogP contribution in [0.3, 0.4) is 0 Å². The Morgan fingerprint density at radius 3 is 2.53 bits per heavy atom. The molecule has 1 aromatic heterocycles. The van der Waals surface area contributed by atoms with Crippen LogP contribution in [0.1, 0.15) is 69.8 Å². The monoisotopic (exact) mass is 690 g/mol. The molecule has 1 aliphatic carbocycles. The quantitative estimate of drug-likeness (QED) is 0.145. The standard InChI is InChI=1S/C39H40N3O5SSi/c1-23(2)33(31-18-26-12-7-8-13-29(26)34(31)43)38(45)42-17-9-14-32(42)36(49)37(44)40-20-28-16-15-27(35-24(3)41-22-48-35)19-30(28)39(46)47-21-25-10-5-4-6-11-25/h4-8,10-13,15-16,19,22-23,31-33,36H,9,14,17-18,20-21H2,1-3H3,(H,40,44)/t31?,32?,33-,36-/m0/s1. The van der Waals surface area contributed by atoms with Gasteiger partial charge in [0.25, 0.3) is 0 Å². The first-order valence-electron chi connectivity index (χ1n) is 16.8. The number of esters is 1. The number of fused-ring (bicyclic) bond motifs is 1. The molecule has 1 aliphatic heterocycles. The Kier molecular flexibility index (Phi) is 10.5. The number of thiazole rings is 1. The van der Waals surface area contributed by atoms with E-state index in [0.29, 0.717) is 36.1 Å². The molecule has 8 nitrogen and oxygen atoms in total. The van der Waals surface area contributed by atoms with E-state index in [1.807, 2.05) is 87.5 Å². The first-order valence-corrected chi connectivity index (χ1v) is 18.3. The normalized spacial score (nSPS) is 18.3. The maximum atomic E-state index is 14.2. The first kappa shape index (κ1) is 34.4. The number of likely N-dealkylation sites (tertiary alicyclic amines) is 1. The number of rotatable bonds is 11. The summed E-state index contributed by atoms with van der Waals surface area (Å²) >= 11 is 1.50. The minimum absolute atomic E-state index is 0.0284. The van der Waals surface area contributed by atoms with Gasteiger partial charge in [0.05, 0.1) is 27.6 Å². The molecule has 10 heteroatoms. The van der Waals surface area contributed by atoms with Gasteiger partial charge in [-0.3, -0.25) is 14.4 Å². The van der Waals surface area contributed by atoms with E-state index in [0.717, 1.165) is 33.7 Å². The van der Waals surface area contributed by atoms with E-state index in [1.165, 1.54) is 11.3 Å². The van der Waals surface area contributed by atoms with Crippen molar-refractivity contribution in [2.45, 2.75) is 64.8 Å². The third-order valence-corrected chi connectivity index (χ3v) is 11.4. The van der Waals surface area contributed by atoms with Gasteiger partial charge in [-0.05, 0) is 60.4 Å². The molecule has 2 heterocycles. The SMILES string of the molecule is Cc1ncsc1-c1ccc(CNC(=O)[C@@H]([Si])C2CCCN2C(=O)[C@@H](C(C)C)C2Cc3ccccc3C2=O)c(C(=O)OCc2ccccc2)c1. The maximum absolute atomic E-state index is 14.2. The molecule has 3 radical (unpaired) electrons. The second-order valence-corrected chi connectivity index (χ2v) is 14.7. The molecule has 2 amide bonds. The van der Waals surface area contributed by atoms with Crippen molar-refractivity contribution >= 4 is 45.1 Å².